The molecule has 7 heteroatoms. The Kier molecular flexibility index (Phi) is 6.10. The number of piperidine rings is 1. The Morgan fingerprint density at radius 3 is 3.00 bits per heavy atom. The summed E-state index contributed by atoms with van der Waals surface area (Å²) in [4.78, 5) is 22.8. The molecule has 1 unspecified atom stereocenters. The summed E-state index contributed by atoms with van der Waals surface area (Å²) in [6, 6.07) is 1.95. The number of rotatable bonds is 4. The molecule has 0 bridgehead atoms. The molecule has 0 spiro atoms. The van der Waals surface area contributed by atoms with E-state index >= 15 is 0 Å². The molecule has 0 saturated carbocycles. The van der Waals surface area contributed by atoms with Gasteiger partial charge in [-0.25, -0.2) is 14.8 Å². The number of hydrogen-bond donors (Lipinski definition) is 1. The molecular weight excluding hydrogens is 312 g/mol. The number of ether oxygens (including phenoxy) is 1. The van der Waals surface area contributed by atoms with Crippen LogP contribution in [0.2, 0.25) is 0 Å². The molecule has 1 fully saturated rings. The van der Waals surface area contributed by atoms with Crippen LogP contribution in [0.1, 0.15) is 33.6 Å². The lowest BCUT2D eigenvalue weighted by atomic mass is 9.98. The molecule has 0 aliphatic carbocycles. The maximum Gasteiger partial charge on any atom is 0.407 e. The molecule has 1 aromatic heterocycles. The van der Waals surface area contributed by atoms with Crippen molar-refractivity contribution in [2.45, 2.75) is 44.4 Å². The van der Waals surface area contributed by atoms with Gasteiger partial charge in [0.1, 0.15) is 11.4 Å². The van der Waals surface area contributed by atoms with Gasteiger partial charge in [-0.2, -0.15) is 0 Å². The zero-order valence-electron chi connectivity index (χ0n) is 14.3. The first-order valence-corrected chi connectivity index (χ1v) is 9.18. The Balaban J connectivity index is 1.87. The quantitative estimate of drug-likeness (QED) is 0.672. The third kappa shape index (κ3) is 5.89. The van der Waals surface area contributed by atoms with Crippen molar-refractivity contribution in [3.63, 3.8) is 0 Å². The summed E-state index contributed by atoms with van der Waals surface area (Å²) < 4.78 is 5.28. The minimum Gasteiger partial charge on any atom is -0.444 e. The van der Waals surface area contributed by atoms with E-state index in [0.29, 0.717) is 12.5 Å². The summed E-state index contributed by atoms with van der Waals surface area (Å²) in [6.45, 7) is 8.12. The highest BCUT2D eigenvalue weighted by atomic mass is 32.2. The van der Waals surface area contributed by atoms with Crippen molar-refractivity contribution in [1.29, 1.82) is 0 Å². The van der Waals surface area contributed by atoms with E-state index in [1.807, 2.05) is 33.1 Å². The SMILES string of the molecule is CSc1nccc(N2CCCC(CNC(=O)OC(C)(C)C)C2)n1. The maximum absolute atomic E-state index is 11.8. The van der Waals surface area contributed by atoms with Gasteiger partial charge in [-0.05, 0) is 51.9 Å². The molecule has 1 aromatic rings. The first-order valence-electron chi connectivity index (χ1n) is 7.96. The summed E-state index contributed by atoms with van der Waals surface area (Å²) in [5, 5.41) is 3.67. The lowest BCUT2D eigenvalue weighted by Gasteiger charge is -2.33. The maximum atomic E-state index is 11.8. The highest BCUT2D eigenvalue weighted by molar-refractivity contribution is 7.98. The first kappa shape index (κ1) is 17.8. The molecule has 0 radical (unpaired) electrons. The smallest absolute Gasteiger partial charge is 0.407 e. The van der Waals surface area contributed by atoms with Crippen LogP contribution in [0, 0.1) is 5.92 Å². The fourth-order valence-corrected chi connectivity index (χ4v) is 2.94. The van der Waals surface area contributed by atoms with Crippen LogP contribution in [0.25, 0.3) is 0 Å². The predicted octanol–water partition coefficient (Wildman–Crippen LogP) is 2.94. The fourth-order valence-electron chi connectivity index (χ4n) is 2.59. The van der Waals surface area contributed by atoms with Gasteiger partial charge in [-0.3, -0.25) is 0 Å². The number of amides is 1. The van der Waals surface area contributed by atoms with Crippen LogP contribution >= 0.6 is 11.8 Å². The van der Waals surface area contributed by atoms with E-state index in [1.165, 1.54) is 0 Å². The second kappa shape index (κ2) is 7.86. The van der Waals surface area contributed by atoms with Crippen molar-refractivity contribution in [3.05, 3.63) is 12.3 Å². The van der Waals surface area contributed by atoms with Crippen molar-refractivity contribution < 1.29 is 9.53 Å². The Bertz CT molecular complexity index is 533. The van der Waals surface area contributed by atoms with Gasteiger partial charge in [-0.15, -0.1) is 0 Å². The monoisotopic (exact) mass is 338 g/mol. The van der Waals surface area contributed by atoms with Crippen molar-refractivity contribution in [3.8, 4) is 0 Å². The Morgan fingerprint density at radius 2 is 2.30 bits per heavy atom. The second-order valence-corrected chi connectivity index (χ2v) is 7.51. The number of alkyl carbamates (subject to hydrolysis) is 1. The largest absolute Gasteiger partial charge is 0.444 e. The molecule has 0 aromatic carbocycles. The molecular formula is C16H26N4O2S. The Morgan fingerprint density at radius 1 is 1.52 bits per heavy atom. The minimum absolute atomic E-state index is 0.346. The van der Waals surface area contributed by atoms with Crippen LogP contribution in [0.3, 0.4) is 0 Å². The minimum atomic E-state index is -0.460. The Hall–Kier alpha value is -1.50. The third-order valence-electron chi connectivity index (χ3n) is 3.58. The molecule has 6 nitrogen and oxygen atoms in total. The van der Waals surface area contributed by atoms with E-state index in [2.05, 4.69) is 20.2 Å². The standard InChI is InChI=1S/C16H26N4O2S/c1-16(2,3)22-15(21)18-10-12-6-5-9-20(11-12)13-7-8-17-14(19-13)23-4/h7-8,12H,5-6,9-11H2,1-4H3,(H,18,21). The average molecular weight is 338 g/mol. The summed E-state index contributed by atoms with van der Waals surface area (Å²) in [5.74, 6) is 1.37. The topological polar surface area (TPSA) is 67.4 Å². The molecule has 1 saturated heterocycles. The predicted molar refractivity (Wildman–Crippen MR) is 93.0 cm³/mol. The van der Waals surface area contributed by atoms with Crippen LogP contribution in [0.5, 0.6) is 0 Å². The number of hydrogen-bond acceptors (Lipinski definition) is 6. The zero-order valence-corrected chi connectivity index (χ0v) is 15.2. The second-order valence-electron chi connectivity index (χ2n) is 6.74. The van der Waals surface area contributed by atoms with Crippen molar-refractivity contribution in [2.75, 3.05) is 30.8 Å². The van der Waals surface area contributed by atoms with E-state index < -0.39 is 5.60 Å². The van der Waals surface area contributed by atoms with Crippen LogP contribution < -0.4 is 10.2 Å². The highest BCUT2D eigenvalue weighted by Gasteiger charge is 2.23. The van der Waals surface area contributed by atoms with Gasteiger partial charge in [0.25, 0.3) is 0 Å². The molecule has 1 atom stereocenters. The molecule has 2 rings (SSSR count). The van der Waals surface area contributed by atoms with Crippen LogP contribution in [-0.2, 0) is 4.74 Å². The van der Waals surface area contributed by atoms with Gasteiger partial charge in [-0.1, -0.05) is 11.8 Å². The summed E-state index contributed by atoms with van der Waals surface area (Å²) in [6.07, 6.45) is 5.63. The number of thioether (sulfide) groups is 1. The lowest BCUT2D eigenvalue weighted by Crippen LogP contribution is -2.42. The van der Waals surface area contributed by atoms with Gasteiger partial charge in [0.15, 0.2) is 5.16 Å². The van der Waals surface area contributed by atoms with Crippen molar-refractivity contribution >= 4 is 23.7 Å². The Labute approximate surface area is 142 Å². The number of carbonyl (C=O) groups excluding carboxylic acids is 1. The molecule has 2 heterocycles. The van der Waals surface area contributed by atoms with E-state index in [4.69, 9.17) is 4.74 Å². The first-order chi connectivity index (χ1) is 10.9. The highest BCUT2D eigenvalue weighted by Crippen LogP contribution is 2.22. The van der Waals surface area contributed by atoms with Gasteiger partial charge in [0, 0.05) is 25.8 Å². The summed E-state index contributed by atoms with van der Waals surface area (Å²) in [7, 11) is 0. The van der Waals surface area contributed by atoms with Crippen molar-refractivity contribution in [1.82, 2.24) is 15.3 Å². The number of nitrogens with zero attached hydrogens (tertiary/aromatic N) is 3. The number of anilines is 1. The van der Waals surface area contributed by atoms with Gasteiger partial charge < -0.3 is 15.0 Å². The van der Waals surface area contributed by atoms with Gasteiger partial charge in [0.2, 0.25) is 0 Å². The van der Waals surface area contributed by atoms with E-state index in [-0.39, 0.29) is 6.09 Å². The average Bonchev–Trinajstić information content (AvgIpc) is 2.52. The number of aromatic nitrogens is 2. The van der Waals surface area contributed by atoms with E-state index in [1.54, 1.807) is 18.0 Å². The summed E-state index contributed by atoms with van der Waals surface area (Å²) in [5.41, 5.74) is -0.460. The van der Waals surface area contributed by atoms with Gasteiger partial charge >= 0.3 is 6.09 Å². The summed E-state index contributed by atoms with van der Waals surface area (Å²) >= 11 is 1.54. The fraction of sp³-hybridized carbons (Fsp3) is 0.688. The zero-order chi connectivity index (χ0) is 16.9. The number of nitrogens with one attached hydrogen (secondary N) is 1. The molecule has 1 aliphatic heterocycles. The molecule has 1 aliphatic rings. The van der Waals surface area contributed by atoms with Gasteiger partial charge in [0.05, 0.1) is 0 Å². The van der Waals surface area contributed by atoms with E-state index in [9.17, 15) is 4.79 Å². The lowest BCUT2D eigenvalue weighted by molar-refractivity contribution is 0.0517. The van der Waals surface area contributed by atoms with Crippen molar-refractivity contribution in [2.24, 2.45) is 5.92 Å². The normalized spacial score (nSPS) is 18.6. The molecule has 1 N–H and O–H groups in total. The van der Waals surface area contributed by atoms with Crippen LogP contribution in [0.15, 0.2) is 17.4 Å². The molecule has 1 amide bonds. The molecule has 23 heavy (non-hydrogen) atoms. The number of carbonyl (C=O) groups is 1. The third-order valence-corrected chi connectivity index (χ3v) is 4.14. The van der Waals surface area contributed by atoms with Crippen LogP contribution in [-0.4, -0.2) is 47.6 Å². The molecule has 128 valence electrons. The van der Waals surface area contributed by atoms with Crippen LogP contribution in [0.4, 0.5) is 10.6 Å². The van der Waals surface area contributed by atoms with E-state index in [0.717, 1.165) is 36.9 Å².